The normalized spacial score (nSPS) is 11.2. The van der Waals surface area contributed by atoms with E-state index < -0.39 is 5.60 Å². The van der Waals surface area contributed by atoms with Crippen molar-refractivity contribution in [2.45, 2.75) is 39.2 Å². The van der Waals surface area contributed by atoms with Crippen LogP contribution in [0.25, 0.3) is 0 Å². The zero-order chi connectivity index (χ0) is 14.8. The van der Waals surface area contributed by atoms with E-state index >= 15 is 0 Å². The van der Waals surface area contributed by atoms with Crippen LogP contribution in [0.3, 0.4) is 0 Å². The Morgan fingerprint density at radius 1 is 1.15 bits per heavy atom. The summed E-state index contributed by atoms with van der Waals surface area (Å²) in [5, 5.41) is 3.21. The van der Waals surface area contributed by atoms with Gasteiger partial charge in [-0.3, -0.25) is 4.79 Å². The smallest absolute Gasteiger partial charge is 0.307 e. The average Bonchev–Trinajstić information content (AvgIpc) is 2.37. The molecule has 1 aromatic rings. The molecule has 0 aliphatic heterocycles. The highest BCUT2D eigenvalue weighted by Gasteiger charge is 2.15. The third-order valence-electron chi connectivity index (χ3n) is 2.44. The lowest BCUT2D eigenvalue weighted by molar-refractivity contribution is -0.154. The number of para-hydroxylation sites is 1. The standard InChI is InChI=1S/C16H25NO3/c1-16(2,3)20-15(18)10-12-17-11-7-13-19-14-8-5-4-6-9-14/h4-6,8-9,17H,7,10-13H2,1-3H3. The molecule has 0 atom stereocenters. The maximum absolute atomic E-state index is 11.4. The van der Waals surface area contributed by atoms with E-state index in [0.29, 0.717) is 19.6 Å². The topological polar surface area (TPSA) is 47.6 Å². The molecule has 0 radical (unpaired) electrons. The van der Waals surface area contributed by atoms with Crippen molar-refractivity contribution in [3.8, 4) is 5.75 Å². The second-order valence-electron chi connectivity index (χ2n) is 5.60. The molecule has 4 heteroatoms. The van der Waals surface area contributed by atoms with Gasteiger partial charge in [-0.2, -0.15) is 0 Å². The molecule has 0 bridgehead atoms. The Labute approximate surface area is 121 Å². The number of esters is 1. The second-order valence-corrected chi connectivity index (χ2v) is 5.60. The van der Waals surface area contributed by atoms with E-state index in [1.54, 1.807) is 0 Å². The number of nitrogens with one attached hydrogen (secondary N) is 1. The van der Waals surface area contributed by atoms with Gasteiger partial charge in [0.15, 0.2) is 0 Å². The predicted molar refractivity (Wildman–Crippen MR) is 79.9 cm³/mol. The van der Waals surface area contributed by atoms with E-state index in [1.807, 2.05) is 51.1 Å². The summed E-state index contributed by atoms with van der Waals surface area (Å²) in [5.41, 5.74) is -0.402. The minimum Gasteiger partial charge on any atom is -0.494 e. The van der Waals surface area contributed by atoms with Crippen molar-refractivity contribution in [3.63, 3.8) is 0 Å². The van der Waals surface area contributed by atoms with Gasteiger partial charge >= 0.3 is 5.97 Å². The summed E-state index contributed by atoms with van der Waals surface area (Å²) in [4.78, 5) is 11.4. The van der Waals surface area contributed by atoms with Crippen molar-refractivity contribution < 1.29 is 14.3 Å². The van der Waals surface area contributed by atoms with Crippen molar-refractivity contribution in [2.75, 3.05) is 19.7 Å². The molecule has 4 nitrogen and oxygen atoms in total. The van der Waals surface area contributed by atoms with Crippen molar-refractivity contribution >= 4 is 5.97 Å². The molecule has 0 aliphatic rings. The van der Waals surface area contributed by atoms with Gasteiger partial charge < -0.3 is 14.8 Å². The Bertz CT molecular complexity index is 384. The average molecular weight is 279 g/mol. The quantitative estimate of drug-likeness (QED) is 0.587. The highest BCUT2D eigenvalue weighted by atomic mass is 16.6. The Morgan fingerprint density at radius 2 is 1.85 bits per heavy atom. The van der Waals surface area contributed by atoms with Crippen molar-refractivity contribution in [3.05, 3.63) is 30.3 Å². The highest BCUT2D eigenvalue weighted by Crippen LogP contribution is 2.08. The van der Waals surface area contributed by atoms with Crippen LogP contribution in [-0.4, -0.2) is 31.3 Å². The summed E-state index contributed by atoms with van der Waals surface area (Å²) in [6.45, 7) is 7.76. The lowest BCUT2D eigenvalue weighted by Gasteiger charge is -2.19. The molecule has 20 heavy (non-hydrogen) atoms. The summed E-state index contributed by atoms with van der Waals surface area (Å²) in [6.07, 6.45) is 1.31. The molecule has 1 N–H and O–H groups in total. The number of rotatable bonds is 8. The molecule has 0 saturated heterocycles. The lowest BCUT2D eigenvalue weighted by atomic mass is 10.2. The number of carbonyl (C=O) groups excluding carboxylic acids is 1. The molecule has 1 aromatic carbocycles. The monoisotopic (exact) mass is 279 g/mol. The molecule has 0 fully saturated rings. The SMILES string of the molecule is CC(C)(C)OC(=O)CCNCCCOc1ccccc1. The van der Waals surface area contributed by atoms with Crippen molar-refractivity contribution in [1.82, 2.24) is 5.32 Å². The van der Waals surface area contributed by atoms with E-state index in [2.05, 4.69) is 5.32 Å². The van der Waals surface area contributed by atoms with Gasteiger partial charge in [0, 0.05) is 6.54 Å². The first-order valence-corrected chi connectivity index (χ1v) is 7.08. The fourth-order valence-corrected chi connectivity index (χ4v) is 1.61. The van der Waals surface area contributed by atoms with Crippen LogP contribution in [0.4, 0.5) is 0 Å². The van der Waals surface area contributed by atoms with Crippen molar-refractivity contribution in [1.29, 1.82) is 0 Å². The van der Waals surface area contributed by atoms with E-state index in [4.69, 9.17) is 9.47 Å². The third kappa shape index (κ3) is 8.53. The molecular weight excluding hydrogens is 254 g/mol. The number of hydrogen-bond donors (Lipinski definition) is 1. The van der Waals surface area contributed by atoms with Gasteiger partial charge in [-0.05, 0) is 45.9 Å². The van der Waals surface area contributed by atoms with E-state index in [-0.39, 0.29) is 5.97 Å². The van der Waals surface area contributed by atoms with Gasteiger partial charge in [0.2, 0.25) is 0 Å². The van der Waals surface area contributed by atoms with Gasteiger partial charge in [0.1, 0.15) is 11.4 Å². The summed E-state index contributed by atoms with van der Waals surface area (Å²) >= 11 is 0. The highest BCUT2D eigenvalue weighted by molar-refractivity contribution is 5.70. The van der Waals surface area contributed by atoms with E-state index in [1.165, 1.54) is 0 Å². The number of carbonyl (C=O) groups is 1. The zero-order valence-corrected chi connectivity index (χ0v) is 12.6. The van der Waals surface area contributed by atoms with Crippen LogP contribution in [0.1, 0.15) is 33.6 Å². The Kier molecular flexibility index (Phi) is 7.09. The largest absolute Gasteiger partial charge is 0.494 e. The van der Waals surface area contributed by atoms with Crippen LogP contribution in [-0.2, 0) is 9.53 Å². The zero-order valence-electron chi connectivity index (χ0n) is 12.6. The summed E-state index contributed by atoms with van der Waals surface area (Å²) in [7, 11) is 0. The van der Waals surface area contributed by atoms with Crippen LogP contribution >= 0.6 is 0 Å². The maximum Gasteiger partial charge on any atom is 0.307 e. The van der Waals surface area contributed by atoms with Gasteiger partial charge in [0.25, 0.3) is 0 Å². The Morgan fingerprint density at radius 3 is 2.50 bits per heavy atom. The summed E-state index contributed by atoms with van der Waals surface area (Å²) in [6, 6.07) is 9.75. The number of benzene rings is 1. The molecule has 112 valence electrons. The van der Waals surface area contributed by atoms with Crippen LogP contribution in [0.5, 0.6) is 5.75 Å². The minimum atomic E-state index is -0.402. The molecule has 0 aliphatic carbocycles. The van der Waals surface area contributed by atoms with Gasteiger partial charge in [-0.15, -0.1) is 0 Å². The van der Waals surface area contributed by atoms with E-state index in [0.717, 1.165) is 18.7 Å². The maximum atomic E-state index is 11.4. The fourth-order valence-electron chi connectivity index (χ4n) is 1.61. The first-order valence-electron chi connectivity index (χ1n) is 7.08. The van der Waals surface area contributed by atoms with Crippen LogP contribution < -0.4 is 10.1 Å². The first kappa shape index (κ1) is 16.5. The summed E-state index contributed by atoms with van der Waals surface area (Å²) in [5.74, 6) is 0.729. The van der Waals surface area contributed by atoms with Crippen molar-refractivity contribution in [2.24, 2.45) is 0 Å². The Balaban J connectivity index is 1.96. The van der Waals surface area contributed by atoms with E-state index in [9.17, 15) is 4.79 Å². The third-order valence-corrected chi connectivity index (χ3v) is 2.44. The molecule has 0 unspecified atom stereocenters. The molecule has 0 aromatic heterocycles. The predicted octanol–water partition coefficient (Wildman–Crippen LogP) is 2.78. The van der Waals surface area contributed by atoms with Crippen LogP contribution in [0, 0.1) is 0 Å². The van der Waals surface area contributed by atoms with Gasteiger partial charge in [-0.25, -0.2) is 0 Å². The Hall–Kier alpha value is -1.55. The molecule has 0 spiro atoms. The molecular formula is C16H25NO3. The number of hydrogen-bond acceptors (Lipinski definition) is 4. The van der Waals surface area contributed by atoms with Gasteiger partial charge in [-0.1, -0.05) is 18.2 Å². The fraction of sp³-hybridized carbons (Fsp3) is 0.562. The van der Waals surface area contributed by atoms with Gasteiger partial charge in [0.05, 0.1) is 13.0 Å². The minimum absolute atomic E-state index is 0.162. The van der Waals surface area contributed by atoms with Crippen LogP contribution in [0.2, 0.25) is 0 Å². The molecule has 0 amide bonds. The number of ether oxygens (including phenoxy) is 2. The first-order chi connectivity index (χ1) is 9.47. The lowest BCUT2D eigenvalue weighted by Crippen LogP contribution is -2.27. The van der Waals surface area contributed by atoms with Crippen LogP contribution in [0.15, 0.2) is 30.3 Å². The molecule has 0 heterocycles. The molecule has 1 rings (SSSR count). The summed E-state index contributed by atoms with van der Waals surface area (Å²) < 4.78 is 10.8. The second kappa shape index (κ2) is 8.59. The molecule has 0 saturated carbocycles.